The molecule has 13 heavy (non-hydrogen) atoms. The molecule has 5 nitrogen and oxygen atoms in total. The minimum atomic E-state index is -0.377. The summed E-state index contributed by atoms with van der Waals surface area (Å²) in [4.78, 5) is 10.9. The van der Waals surface area contributed by atoms with Gasteiger partial charge in [-0.15, -0.1) is 0 Å². The number of hydrogen-bond donors (Lipinski definition) is 2. The molecule has 0 saturated heterocycles. The number of nitriles is 1. The van der Waals surface area contributed by atoms with Crippen molar-refractivity contribution in [3.05, 3.63) is 24.2 Å². The molecule has 0 fully saturated rings. The van der Waals surface area contributed by atoms with Crippen LogP contribution in [-0.2, 0) is 6.54 Å². The van der Waals surface area contributed by atoms with E-state index in [9.17, 15) is 4.79 Å². The van der Waals surface area contributed by atoms with Crippen LogP contribution in [0.2, 0.25) is 0 Å². The molecule has 0 aliphatic carbocycles. The van der Waals surface area contributed by atoms with E-state index in [2.05, 4.69) is 10.6 Å². The van der Waals surface area contributed by atoms with Gasteiger partial charge in [-0.3, -0.25) is 0 Å². The van der Waals surface area contributed by atoms with Crippen molar-refractivity contribution in [1.82, 2.24) is 10.6 Å². The highest BCUT2D eigenvalue weighted by Crippen LogP contribution is 1.97. The zero-order chi connectivity index (χ0) is 9.52. The van der Waals surface area contributed by atoms with E-state index in [0.29, 0.717) is 12.3 Å². The normalized spacial score (nSPS) is 8.85. The van der Waals surface area contributed by atoms with Crippen LogP contribution in [0.3, 0.4) is 0 Å². The minimum absolute atomic E-state index is 0.00396. The van der Waals surface area contributed by atoms with Gasteiger partial charge >= 0.3 is 6.03 Å². The van der Waals surface area contributed by atoms with Gasteiger partial charge in [0.25, 0.3) is 0 Å². The first-order chi connectivity index (χ1) is 6.33. The molecule has 68 valence electrons. The fourth-order valence-electron chi connectivity index (χ4n) is 0.763. The maximum Gasteiger partial charge on any atom is 0.315 e. The molecule has 0 aliphatic heterocycles. The third-order valence-electron chi connectivity index (χ3n) is 1.33. The Bertz CT molecular complexity index is 300. The second kappa shape index (κ2) is 4.83. The molecule has 2 N–H and O–H groups in total. The van der Waals surface area contributed by atoms with E-state index >= 15 is 0 Å². The summed E-state index contributed by atoms with van der Waals surface area (Å²) in [7, 11) is 0. The van der Waals surface area contributed by atoms with Crippen molar-refractivity contribution in [3.63, 3.8) is 0 Å². The van der Waals surface area contributed by atoms with Crippen molar-refractivity contribution in [2.75, 3.05) is 6.54 Å². The predicted octanol–water partition coefficient (Wildman–Crippen LogP) is 0.602. The van der Waals surface area contributed by atoms with Gasteiger partial charge in [-0.05, 0) is 12.1 Å². The lowest BCUT2D eigenvalue weighted by molar-refractivity contribution is 0.240. The van der Waals surface area contributed by atoms with Crippen LogP contribution < -0.4 is 10.6 Å². The van der Waals surface area contributed by atoms with Crippen molar-refractivity contribution in [3.8, 4) is 6.07 Å². The van der Waals surface area contributed by atoms with Crippen molar-refractivity contribution < 1.29 is 9.21 Å². The molecule has 1 heterocycles. The summed E-state index contributed by atoms with van der Waals surface area (Å²) in [6, 6.07) is 4.91. The molecule has 0 bridgehead atoms. The van der Waals surface area contributed by atoms with Gasteiger partial charge in [0.2, 0.25) is 0 Å². The Morgan fingerprint density at radius 3 is 3.08 bits per heavy atom. The number of urea groups is 1. The topological polar surface area (TPSA) is 78.1 Å². The van der Waals surface area contributed by atoms with Crippen molar-refractivity contribution in [2.45, 2.75) is 6.54 Å². The predicted molar refractivity (Wildman–Crippen MR) is 44.6 cm³/mol. The maximum absolute atomic E-state index is 10.9. The van der Waals surface area contributed by atoms with Gasteiger partial charge in [0.05, 0.1) is 18.9 Å². The van der Waals surface area contributed by atoms with E-state index in [1.807, 2.05) is 0 Å². The SMILES string of the molecule is N#CCNC(=O)NCc1ccco1. The molecule has 0 aromatic carbocycles. The first kappa shape index (κ1) is 9.13. The van der Waals surface area contributed by atoms with Gasteiger partial charge in [-0.1, -0.05) is 0 Å². The Morgan fingerprint density at radius 2 is 2.46 bits per heavy atom. The van der Waals surface area contributed by atoms with E-state index in [1.165, 1.54) is 6.26 Å². The lowest BCUT2D eigenvalue weighted by Gasteiger charge is -2.01. The average molecular weight is 179 g/mol. The van der Waals surface area contributed by atoms with Gasteiger partial charge in [-0.2, -0.15) is 5.26 Å². The molecule has 0 radical (unpaired) electrons. The summed E-state index contributed by atoms with van der Waals surface area (Å²) in [5.74, 6) is 0.673. The minimum Gasteiger partial charge on any atom is -0.467 e. The molecular weight excluding hydrogens is 170 g/mol. The molecule has 1 rings (SSSR count). The highest BCUT2D eigenvalue weighted by Gasteiger charge is 1.99. The van der Waals surface area contributed by atoms with Gasteiger partial charge in [-0.25, -0.2) is 4.79 Å². The van der Waals surface area contributed by atoms with Gasteiger partial charge in [0.15, 0.2) is 0 Å². The van der Waals surface area contributed by atoms with E-state index in [1.54, 1.807) is 18.2 Å². The molecule has 0 spiro atoms. The summed E-state index contributed by atoms with van der Waals surface area (Å²) >= 11 is 0. The van der Waals surface area contributed by atoms with Crippen LogP contribution in [0.15, 0.2) is 22.8 Å². The smallest absolute Gasteiger partial charge is 0.315 e. The summed E-state index contributed by atoms with van der Waals surface area (Å²) in [6.07, 6.45) is 1.53. The number of nitrogens with one attached hydrogen (secondary N) is 2. The largest absolute Gasteiger partial charge is 0.467 e. The van der Waals surface area contributed by atoms with Crippen LogP contribution in [0.5, 0.6) is 0 Å². The van der Waals surface area contributed by atoms with Gasteiger partial charge < -0.3 is 15.1 Å². The van der Waals surface area contributed by atoms with E-state index in [0.717, 1.165) is 0 Å². The van der Waals surface area contributed by atoms with Crippen LogP contribution in [-0.4, -0.2) is 12.6 Å². The fourth-order valence-corrected chi connectivity index (χ4v) is 0.763. The monoisotopic (exact) mass is 179 g/mol. The summed E-state index contributed by atoms with van der Waals surface area (Å²) < 4.78 is 4.98. The van der Waals surface area contributed by atoms with Crippen molar-refractivity contribution >= 4 is 6.03 Å². The lowest BCUT2D eigenvalue weighted by Crippen LogP contribution is -2.35. The zero-order valence-electron chi connectivity index (χ0n) is 6.91. The van der Waals surface area contributed by atoms with Crippen LogP contribution in [0, 0.1) is 11.3 Å². The molecule has 0 aliphatic rings. The van der Waals surface area contributed by atoms with E-state index in [-0.39, 0.29) is 12.6 Å². The summed E-state index contributed by atoms with van der Waals surface area (Å²) in [5, 5.41) is 13.0. The molecule has 0 saturated carbocycles. The molecule has 5 heteroatoms. The maximum atomic E-state index is 10.9. The number of carbonyl (C=O) groups is 1. The Kier molecular flexibility index (Phi) is 3.39. The third-order valence-corrected chi connectivity index (χ3v) is 1.33. The van der Waals surface area contributed by atoms with Crippen LogP contribution in [0.4, 0.5) is 4.79 Å². The Hall–Kier alpha value is -1.96. The van der Waals surface area contributed by atoms with Crippen LogP contribution in [0.1, 0.15) is 5.76 Å². The Balaban J connectivity index is 2.20. The number of rotatable bonds is 3. The van der Waals surface area contributed by atoms with Crippen LogP contribution in [0.25, 0.3) is 0 Å². The average Bonchev–Trinajstić information content (AvgIpc) is 2.64. The number of hydrogen-bond acceptors (Lipinski definition) is 3. The second-order valence-corrected chi connectivity index (χ2v) is 2.27. The highest BCUT2D eigenvalue weighted by atomic mass is 16.3. The van der Waals surface area contributed by atoms with Gasteiger partial charge in [0, 0.05) is 0 Å². The standard InChI is InChI=1S/C8H9N3O2/c9-3-4-10-8(12)11-6-7-2-1-5-13-7/h1-2,5H,4,6H2,(H2,10,11,12). The molecule has 0 atom stereocenters. The Morgan fingerprint density at radius 1 is 1.62 bits per heavy atom. The van der Waals surface area contributed by atoms with E-state index < -0.39 is 0 Å². The molecule has 1 aromatic rings. The Labute approximate surface area is 75.3 Å². The van der Waals surface area contributed by atoms with E-state index in [4.69, 9.17) is 9.68 Å². The highest BCUT2D eigenvalue weighted by molar-refractivity contribution is 5.73. The lowest BCUT2D eigenvalue weighted by atomic mass is 10.4. The van der Waals surface area contributed by atoms with Crippen LogP contribution >= 0.6 is 0 Å². The van der Waals surface area contributed by atoms with Gasteiger partial charge in [0.1, 0.15) is 12.3 Å². The first-order valence-corrected chi connectivity index (χ1v) is 3.74. The zero-order valence-corrected chi connectivity index (χ0v) is 6.91. The summed E-state index contributed by atoms with van der Waals surface area (Å²) in [5.41, 5.74) is 0. The summed E-state index contributed by atoms with van der Waals surface area (Å²) in [6.45, 7) is 0.328. The quantitative estimate of drug-likeness (QED) is 0.667. The fraction of sp³-hybridized carbons (Fsp3) is 0.250. The third kappa shape index (κ3) is 3.29. The second-order valence-electron chi connectivity index (χ2n) is 2.27. The number of amides is 2. The molecule has 2 amide bonds. The van der Waals surface area contributed by atoms with Crippen molar-refractivity contribution in [1.29, 1.82) is 5.26 Å². The number of nitrogens with zero attached hydrogens (tertiary/aromatic N) is 1. The molecular formula is C8H9N3O2. The first-order valence-electron chi connectivity index (χ1n) is 3.74. The molecule has 0 unspecified atom stereocenters. The number of carbonyl (C=O) groups excluding carboxylic acids is 1. The number of furan rings is 1. The van der Waals surface area contributed by atoms with Crippen molar-refractivity contribution in [2.24, 2.45) is 0 Å². The molecule has 1 aromatic heterocycles.